The van der Waals surface area contributed by atoms with Crippen LogP contribution < -0.4 is 5.32 Å². The third-order valence-corrected chi connectivity index (χ3v) is 9.82. The molecule has 0 aromatic heterocycles. The quantitative estimate of drug-likeness (QED) is 0.694. The van der Waals surface area contributed by atoms with Gasteiger partial charge >= 0.3 is 0 Å². The molecule has 1 unspecified atom stereocenters. The molecule has 1 heterocycles. The van der Waals surface area contributed by atoms with Crippen molar-refractivity contribution < 1.29 is 23.8 Å². The van der Waals surface area contributed by atoms with Crippen molar-refractivity contribution in [1.29, 1.82) is 0 Å². The molecule has 0 aliphatic carbocycles. The van der Waals surface area contributed by atoms with Gasteiger partial charge in [-0.2, -0.15) is 0 Å². The minimum absolute atomic E-state index is 0.00321. The van der Waals surface area contributed by atoms with Crippen LogP contribution in [0.15, 0.2) is 30.3 Å². The van der Waals surface area contributed by atoms with Crippen LogP contribution in [0.1, 0.15) is 33.3 Å². The average Bonchev–Trinajstić information content (AvgIpc) is 2.82. The van der Waals surface area contributed by atoms with E-state index in [2.05, 4.69) is 39.2 Å². The van der Waals surface area contributed by atoms with Crippen molar-refractivity contribution in [3.63, 3.8) is 0 Å². The molecule has 2 rings (SSSR count). The van der Waals surface area contributed by atoms with Crippen LogP contribution in [0.5, 0.6) is 0 Å². The summed E-state index contributed by atoms with van der Waals surface area (Å²) in [5.41, 5.74) is 1.07. The molecule has 1 aliphatic rings. The Labute approximate surface area is 163 Å². The normalized spacial score (nSPS) is 26.2. The SMILES string of the molecule is CC(=O)NC1[C@@H](O[Si](C)(C)C(C)(C)C)[C@@H](COCc2ccccc2)O[C@@H]1O. The van der Waals surface area contributed by atoms with E-state index in [1.165, 1.54) is 6.92 Å². The van der Waals surface area contributed by atoms with Crippen LogP contribution in [0, 0.1) is 0 Å². The van der Waals surface area contributed by atoms with Crippen molar-refractivity contribution in [2.75, 3.05) is 6.61 Å². The lowest BCUT2D eigenvalue weighted by Gasteiger charge is -2.40. The van der Waals surface area contributed by atoms with Gasteiger partial charge in [0, 0.05) is 6.92 Å². The number of aliphatic hydroxyl groups is 1. The van der Waals surface area contributed by atoms with Gasteiger partial charge in [0.25, 0.3) is 0 Å². The Bertz CT molecular complexity index is 617. The first-order valence-corrected chi connectivity index (χ1v) is 12.3. The van der Waals surface area contributed by atoms with Crippen molar-refractivity contribution in [2.24, 2.45) is 0 Å². The summed E-state index contributed by atoms with van der Waals surface area (Å²) in [6, 6.07) is 9.26. The molecule has 7 heteroatoms. The zero-order valence-electron chi connectivity index (χ0n) is 17.2. The van der Waals surface area contributed by atoms with Gasteiger partial charge in [-0.25, -0.2) is 0 Å². The minimum Gasteiger partial charge on any atom is -0.409 e. The summed E-state index contributed by atoms with van der Waals surface area (Å²) < 4.78 is 18.0. The maximum atomic E-state index is 11.6. The highest BCUT2D eigenvalue weighted by Gasteiger charge is 2.50. The molecule has 27 heavy (non-hydrogen) atoms. The number of nitrogens with one attached hydrogen (secondary N) is 1. The maximum absolute atomic E-state index is 11.6. The van der Waals surface area contributed by atoms with E-state index in [0.29, 0.717) is 6.61 Å². The molecule has 1 aromatic rings. The lowest BCUT2D eigenvalue weighted by molar-refractivity contribution is -0.129. The van der Waals surface area contributed by atoms with Gasteiger partial charge in [0.05, 0.1) is 19.3 Å². The number of carbonyl (C=O) groups excluding carboxylic acids is 1. The van der Waals surface area contributed by atoms with E-state index < -0.39 is 32.9 Å². The highest BCUT2D eigenvalue weighted by Crippen LogP contribution is 2.39. The van der Waals surface area contributed by atoms with Crippen molar-refractivity contribution >= 4 is 14.2 Å². The second-order valence-electron chi connectivity index (χ2n) is 8.63. The Kier molecular flexibility index (Phi) is 7.21. The van der Waals surface area contributed by atoms with E-state index in [1.807, 2.05) is 30.3 Å². The lowest BCUT2D eigenvalue weighted by atomic mass is 10.1. The summed E-state index contributed by atoms with van der Waals surface area (Å²) in [5.74, 6) is -0.225. The predicted octanol–water partition coefficient (Wildman–Crippen LogP) is 2.82. The van der Waals surface area contributed by atoms with Crippen LogP contribution in [-0.4, -0.2) is 50.5 Å². The van der Waals surface area contributed by atoms with Gasteiger partial charge in [-0.1, -0.05) is 51.1 Å². The molecule has 1 aliphatic heterocycles. The van der Waals surface area contributed by atoms with Gasteiger partial charge in [0.2, 0.25) is 5.91 Å². The number of aliphatic hydroxyl groups excluding tert-OH is 1. The molecule has 1 aromatic carbocycles. The van der Waals surface area contributed by atoms with Crippen molar-refractivity contribution in [1.82, 2.24) is 5.32 Å². The van der Waals surface area contributed by atoms with Gasteiger partial charge in [-0.3, -0.25) is 4.79 Å². The van der Waals surface area contributed by atoms with Gasteiger partial charge in [0.15, 0.2) is 14.6 Å². The fourth-order valence-electron chi connectivity index (χ4n) is 2.79. The van der Waals surface area contributed by atoms with Crippen LogP contribution in [0.3, 0.4) is 0 Å². The van der Waals surface area contributed by atoms with E-state index in [4.69, 9.17) is 13.9 Å². The molecule has 0 spiro atoms. The smallest absolute Gasteiger partial charge is 0.217 e. The highest BCUT2D eigenvalue weighted by molar-refractivity contribution is 6.74. The molecule has 1 fully saturated rings. The van der Waals surface area contributed by atoms with Crippen LogP contribution in [0.2, 0.25) is 18.1 Å². The molecule has 2 N–H and O–H groups in total. The van der Waals surface area contributed by atoms with E-state index in [-0.39, 0.29) is 17.6 Å². The molecular formula is C20H33NO5Si. The van der Waals surface area contributed by atoms with Gasteiger partial charge in [-0.05, 0) is 23.7 Å². The molecule has 6 nitrogen and oxygen atoms in total. The van der Waals surface area contributed by atoms with E-state index >= 15 is 0 Å². The van der Waals surface area contributed by atoms with E-state index in [0.717, 1.165) is 5.56 Å². The second kappa shape index (κ2) is 8.83. The maximum Gasteiger partial charge on any atom is 0.217 e. The van der Waals surface area contributed by atoms with Crippen molar-refractivity contribution in [3.05, 3.63) is 35.9 Å². The number of benzene rings is 1. The molecule has 1 amide bonds. The Morgan fingerprint density at radius 2 is 1.89 bits per heavy atom. The van der Waals surface area contributed by atoms with Crippen LogP contribution >= 0.6 is 0 Å². The number of hydrogen-bond donors (Lipinski definition) is 2. The summed E-state index contributed by atoms with van der Waals surface area (Å²) >= 11 is 0. The standard InChI is InChI=1S/C20H33NO5Si/c1-14(22)21-17-18(26-27(5,6)20(2,3)4)16(25-19(17)23)13-24-12-15-10-8-7-9-11-15/h7-11,16-19,23H,12-13H2,1-6H3,(H,21,22)/t16-,17?,18+,19+/m1/s1. The summed E-state index contributed by atoms with van der Waals surface area (Å²) in [4.78, 5) is 11.6. The first kappa shape index (κ1) is 22.0. The Morgan fingerprint density at radius 3 is 2.44 bits per heavy atom. The van der Waals surface area contributed by atoms with Gasteiger partial charge in [0.1, 0.15) is 12.1 Å². The Balaban J connectivity index is 2.09. The minimum atomic E-state index is -2.14. The number of carbonyl (C=O) groups is 1. The number of rotatable bonds is 7. The predicted molar refractivity (Wildman–Crippen MR) is 107 cm³/mol. The second-order valence-corrected chi connectivity index (χ2v) is 13.4. The van der Waals surface area contributed by atoms with Crippen LogP contribution in [0.25, 0.3) is 0 Å². The first-order chi connectivity index (χ1) is 12.5. The van der Waals surface area contributed by atoms with Gasteiger partial charge < -0.3 is 24.3 Å². The van der Waals surface area contributed by atoms with Crippen LogP contribution in [0.4, 0.5) is 0 Å². The van der Waals surface area contributed by atoms with Crippen LogP contribution in [-0.2, 0) is 25.3 Å². The number of hydrogen-bond acceptors (Lipinski definition) is 5. The lowest BCUT2D eigenvalue weighted by Crippen LogP contribution is -2.54. The fraction of sp³-hybridized carbons (Fsp3) is 0.650. The molecule has 152 valence electrons. The summed E-state index contributed by atoms with van der Waals surface area (Å²) in [6.45, 7) is 12.9. The van der Waals surface area contributed by atoms with Crippen molar-refractivity contribution in [3.8, 4) is 0 Å². The third kappa shape index (κ3) is 5.86. The molecule has 0 bridgehead atoms. The van der Waals surface area contributed by atoms with E-state index in [1.54, 1.807) is 0 Å². The fourth-order valence-corrected chi connectivity index (χ4v) is 4.12. The van der Waals surface area contributed by atoms with Gasteiger partial charge in [-0.15, -0.1) is 0 Å². The zero-order chi connectivity index (χ0) is 20.2. The molecular weight excluding hydrogens is 362 g/mol. The van der Waals surface area contributed by atoms with Crippen molar-refractivity contribution in [2.45, 2.75) is 77.0 Å². The summed E-state index contributed by atoms with van der Waals surface area (Å²) in [6.07, 6.45) is -2.02. The monoisotopic (exact) mass is 395 g/mol. The Hall–Kier alpha value is -1.25. The zero-order valence-corrected chi connectivity index (χ0v) is 18.2. The average molecular weight is 396 g/mol. The summed E-state index contributed by atoms with van der Waals surface area (Å²) in [7, 11) is -2.14. The first-order valence-electron chi connectivity index (χ1n) is 9.41. The number of amides is 1. The Morgan fingerprint density at radius 1 is 1.26 bits per heavy atom. The molecule has 4 atom stereocenters. The summed E-state index contributed by atoms with van der Waals surface area (Å²) in [5, 5.41) is 13.1. The topological polar surface area (TPSA) is 77.0 Å². The highest BCUT2D eigenvalue weighted by atomic mass is 28.4. The largest absolute Gasteiger partial charge is 0.409 e. The molecule has 1 saturated heterocycles. The molecule has 0 saturated carbocycles. The third-order valence-electron chi connectivity index (χ3n) is 5.34. The molecule has 0 radical (unpaired) electrons. The number of ether oxygens (including phenoxy) is 2. The van der Waals surface area contributed by atoms with E-state index in [9.17, 15) is 9.90 Å².